The van der Waals surface area contributed by atoms with E-state index in [1.807, 2.05) is 0 Å². The van der Waals surface area contributed by atoms with Crippen molar-refractivity contribution in [2.24, 2.45) is 5.92 Å². The molecule has 2 unspecified atom stereocenters. The first-order valence-electron chi connectivity index (χ1n) is 7.90. The predicted octanol–water partition coefficient (Wildman–Crippen LogP) is 3.18. The van der Waals surface area contributed by atoms with Crippen LogP contribution in [0.3, 0.4) is 0 Å². The van der Waals surface area contributed by atoms with E-state index in [0.29, 0.717) is 18.5 Å². The molecule has 1 aromatic rings. The number of benzene rings is 1. The van der Waals surface area contributed by atoms with Crippen molar-refractivity contribution < 1.29 is 27.2 Å². The van der Waals surface area contributed by atoms with Crippen molar-refractivity contribution in [2.45, 2.75) is 37.9 Å². The molecule has 0 heterocycles. The van der Waals surface area contributed by atoms with Gasteiger partial charge in [0.15, 0.2) is 0 Å². The Bertz CT molecular complexity index is 604. The van der Waals surface area contributed by atoms with Crippen LogP contribution in [0.2, 0.25) is 0 Å². The van der Waals surface area contributed by atoms with Crippen LogP contribution in [0.4, 0.5) is 28.0 Å². The van der Waals surface area contributed by atoms with Crippen LogP contribution in [0, 0.1) is 11.7 Å². The first kappa shape index (κ1) is 19.0. The average molecular weight is 361 g/mol. The Kier molecular flexibility index (Phi) is 6.22. The molecule has 1 aromatic carbocycles. The van der Waals surface area contributed by atoms with E-state index in [-0.39, 0.29) is 19.4 Å². The van der Waals surface area contributed by atoms with Crippen LogP contribution in [-0.4, -0.2) is 30.7 Å². The Balaban J connectivity index is 1.73. The van der Waals surface area contributed by atoms with Crippen molar-refractivity contribution in [3.63, 3.8) is 0 Å². The molecule has 1 saturated carbocycles. The Morgan fingerprint density at radius 2 is 1.80 bits per heavy atom. The van der Waals surface area contributed by atoms with Crippen molar-refractivity contribution in [2.75, 3.05) is 11.9 Å². The molecule has 2 atom stereocenters. The molecule has 3 amide bonds. The molecule has 0 bridgehead atoms. The molecular formula is C16H19F4N3O2. The summed E-state index contributed by atoms with van der Waals surface area (Å²) in [5.74, 6) is -2.38. The summed E-state index contributed by atoms with van der Waals surface area (Å²) in [6, 6.07) is 3.83. The van der Waals surface area contributed by atoms with E-state index in [0.717, 1.165) is 0 Å². The van der Waals surface area contributed by atoms with Crippen LogP contribution in [0.1, 0.15) is 25.7 Å². The molecule has 0 spiro atoms. The van der Waals surface area contributed by atoms with Gasteiger partial charge in [-0.25, -0.2) is 9.18 Å². The minimum absolute atomic E-state index is 0.0728. The van der Waals surface area contributed by atoms with Crippen LogP contribution < -0.4 is 16.0 Å². The quantitative estimate of drug-likeness (QED) is 0.721. The summed E-state index contributed by atoms with van der Waals surface area (Å²) < 4.78 is 51.0. The van der Waals surface area contributed by atoms with E-state index < -0.39 is 35.9 Å². The monoisotopic (exact) mass is 361 g/mol. The van der Waals surface area contributed by atoms with Crippen LogP contribution >= 0.6 is 0 Å². The second-order valence-electron chi connectivity index (χ2n) is 5.98. The smallest absolute Gasteiger partial charge is 0.335 e. The minimum atomic E-state index is -4.26. The van der Waals surface area contributed by atoms with Gasteiger partial charge < -0.3 is 16.0 Å². The molecule has 2 rings (SSSR count). The number of alkyl halides is 3. The van der Waals surface area contributed by atoms with Gasteiger partial charge >= 0.3 is 12.2 Å². The van der Waals surface area contributed by atoms with Crippen LogP contribution in [0.5, 0.6) is 0 Å². The maximum Gasteiger partial charge on any atom is 0.391 e. The number of carbonyl (C=O) groups is 2. The standard InChI is InChI=1S/C16H19F4N3O2/c17-11-4-6-12(7-5-11)22-14(24)9-21-15(25)23-13-3-1-2-10(8-13)16(18,19)20/h4-7,10,13H,1-3,8-9H2,(H,22,24)(H2,21,23,25). The highest BCUT2D eigenvalue weighted by molar-refractivity contribution is 5.94. The number of hydrogen-bond acceptors (Lipinski definition) is 2. The molecule has 0 radical (unpaired) electrons. The summed E-state index contributed by atoms with van der Waals surface area (Å²) in [5.41, 5.74) is 0.369. The zero-order valence-corrected chi connectivity index (χ0v) is 13.3. The normalized spacial score (nSPS) is 20.6. The summed E-state index contributed by atoms with van der Waals surface area (Å²) in [4.78, 5) is 23.4. The van der Waals surface area contributed by atoms with E-state index in [1.54, 1.807) is 0 Å². The lowest BCUT2D eigenvalue weighted by atomic mass is 9.85. The van der Waals surface area contributed by atoms with Gasteiger partial charge in [0, 0.05) is 11.7 Å². The lowest BCUT2D eigenvalue weighted by Gasteiger charge is -2.30. The highest BCUT2D eigenvalue weighted by Crippen LogP contribution is 2.37. The van der Waals surface area contributed by atoms with Gasteiger partial charge in [-0.1, -0.05) is 6.42 Å². The molecule has 0 saturated heterocycles. The van der Waals surface area contributed by atoms with Crippen molar-refractivity contribution >= 4 is 17.6 Å². The fourth-order valence-electron chi connectivity index (χ4n) is 2.75. The number of nitrogens with one attached hydrogen (secondary N) is 3. The zero-order chi connectivity index (χ0) is 18.4. The number of amides is 3. The molecular weight excluding hydrogens is 342 g/mol. The molecule has 3 N–H and O–H groups in total. The van der Waals surface area contributed by atoms with Gasteiger partial charge in [-0.05, 0) is 43.5 Å². The van der Waals surface area contributed by atoms with E-state index in [2.05, 4.69) is 16.0 Å². The predicted molar refractivity (Wildman–Crippen MR) is 83.4 cm³/mol. The summed E-state index contributed by atoms with van der Waals surface area (Å²) in [5, 5.41) is 7.22. The number of rotatable bonds is 4. The van der Waals surface area contributed by atoms with Crippen LogP contribution in [-0.2, 0) is 4.79 Å². The second-order valence-corrected chi connectivity index (χ2v) is 5.98. The van der Waals surface area contributed by atoms with Crippen molar-refractivity contribution in [1.29, 1.82) is 0 Å². The number of carbonyl (C=O) groups excluding carboxylic acids is 2. The average Bonchev–Trinajstić information content (AvgIpc) is 2.55. The summed E-state index contributed by atoms with van der Waals surface area (Å²) in [6.07, 6.45) is -3.48. The van der Waals surface area contributed by atoms with Crippen molar-refractivity contribution in [3.8, 4) is 0 Å². The van der Waals surface area contributed by atoms with E-state index in [9.17, 15) is 27.2 Å². The Hall–Kier alpha value is -2.32. The van der Waals surface area contributed by atoms with Gasteiger partial charge in [0.1, 0.15) is 5.82 Å². The molecule has 138 valence electrons. The Morgan fingerprint density at radius 3 is 2.44 bits per heavy atom. The number of halogens is 4. The largest absolute Gasteiger partial charge is 0.391 e. The Morgan fingerprint density at radius 1 is 1.12 bits per heavy atom. The molecule has 5 nitrogen and oxygen atoms in total. The van der Waals surface area contributed by atoms with Gasteiger partial charge in [0.2, 0.25) is 5.91 Å². The fraction of sp³-hybridized carbons (Fsp3) is 0.500. The van der Waals surface area contributed by atoms with Crippen LogP contribution in [0.25, 0.3) is 0 Å². The molecule has 0 aliphatic heterocycles. The maximum atomic E-state index is 12.8. The van der Waals surface area contributed by atoms with E-state index >= 15 is 0 Å². The molecule has 1 aliphatic carbocycles. The lowest BCUT2D eigenvalue weighted by molar-refractivity contribution is -0.183. The van der Waals surface area contributed by atoms with Gasteiger partial charge in [0.05, 0.1) is 12.5 Å². The minimum Gasteiger partial charge on any atom is -0.335 e. The third-order valence-corrected chi connectivity index (χ3v) is 4.01. The first-order chi connectivity index (χ1) is 11.7. The first-order valence-corrected chi connectivity index (χ1v) is 7.90. The number of hydrogen-bond donors (Lipinski definition) is 3. The topological polar surface area (TPSA) is 70.2 Å². The van der Waals surface area contributed by atoms with Gasteiger partial charge in [-0.15, -0.1) is 0 Å². The molecule has 1 fully saturated rings. The molecule has 9 heteroatoms. The molecule has 25 heavy (non-hydrogen) atoms. The SMILES string of the molecule is O=C(CNC(=O)NC1CCCC(C(F)(F)F)C1)Nc1ccc(F)cc1. The molecule has 0 aromatic heterocycles. The summed E-state index contributed by atoms with van der Waals surface area (Å²) >= 11 is 0. The zero-order valence-electron chi connectivity index (χ0n) is 13.3. The second kappa shape index (κ2) is 8.17. The third-order valence-electron chi connectivity index (χ3n) is 4.01. The van der Waals surface area contributed by atoms with Crippen molar-refractivity contribution in [1.82, 2.24) is 10.6 Å². The maximum absolute atomic E-state index is 12.8. The van der Waals surface area contributed by atoms with Crippen molar-refractivity contribution in [3.05, 3.63) is 30.1 Å². The van der Waals surface area contributed by atoms with Gasteiger partial charge in [-0.2, -0.15) is 13.2 Å². The highest BCUT2D eigenvalue weighted by Gasteiger charge is 2.42. The summed E-state index contributed by atoms with van der Waals surface area (Å²) in [6.45, 7) is -0.349. The van der Waals surface area contributed by atoms with E-state index in [4.69, 9.17) is 0 Å². The Labute approximate surface area is 142 Å². The number of urea groups is 1. The number of anilines is 1. The van der Waals surface area contributed by atoms with Crippen LogP contribution in [0.15, 0.2) is 24.3 Å². The molecule has 1 aliphatic rings. The lowest BCUT2D eigenvalue weighted by Crippen LogP contribution is -2.47. The fourth-order valence-corrected chi connectivity index (χ4v) is 2.75. The third kappa shape index (κ3) is 6.24. The van der Waals surface area contributed by atoms with Gasteiger partial charge in [-0.3, -0.25) is 4.79 Å². The van der Waals surface area contributed by atoms with E-state index in [1.165, 1.54) is 24.3 Å². The van der Waals surface area contributed by atoms with Gasteiger partial charge in [0.25, 0.3) is 0 Å². The highest BCUT2D eigenvalue weighted by atomic mass is 19.4. The summed E-state index contributed by atoms with van der Waals surface area (Å²) in [7, 11) is 0.